The number of alkyl halides is 1. The number of benzene rings is 1. The first-order valence-electron chi connectivity index (χ1n) is 6.50. The van der Waals surface area contributed by atoms with Crippen LogP contribution in [0.15, 0.2) is 12.1 Å². The first kappa shape index (κ1) is 13.4. The summed E-state index contributed by atoms with van der Waals surface area (Å²) in [4.78, 5) is 0. The Morgan fingerprint density at radius 1 is 1.18 bits per heavy atom. The van der Waals surface area contributed by atoms with E-state index < -0.39 is 0 Å². The van der Waals surface area contributed by atoms with Gasteiger partial charge in [0.2, 0.25) is 0 Å². The van der Waals surface area contributed by atoms with E-state index in [0.717, 1.165) is 10.4 Å². The minimum atomic E-state index is 0.522. The predicted octanol–water partition coefficient (Wildman–Crippen LogP) is 5.35. The summed E-state index contributed by atoms with van der Waals surface area (Å²) in [5, 5.41) is 1.99. The Hall–Kier alpha value is -0.0100. The largest absolute Gasteiger partial charge is 0.0925 e. The van der Waals surface area contributed by atoms with E-state index in [0.29, 0.717) is 11.8 Å². The molecule has 94 valence electrons. The Morgan fingerprint density at radius 3 is 2.35 bits per heavy atom. The number of fused-ring (bicyclic) bond motifs is 1. The van der Waals surface area contributed by atoms with Crippen molar-refractivity contribution >= 4 is 27.5 Å². The van der Waals surface area contributed by atoms with Crippen molar-refractivity contribution in [3.05, 3.63) is 33.8 Å². The van der Waals surface area contributed by atoms with Crippen LogP contribution in [-0.2, 0) is 12.8 Å². The maximum atomic E-state index is 6.44. The highest BCUT2D eigenvalue weighted by Gasteiger charge is 2.19. The molecule has 0 spiro atoms. The summed E-state index contributed by atoms with van der Waals surface area (Å²) in [7, 11) is 0. The summed E-state index contributed by atoms with van der Waals surface area (Å²) in [6.07, 6.45) is 5.08. The van der Waals surface area contributed by atoms with Gasteiger partial charge < -0.3 is 0 Å². The van der Waals surface area contributed by atoms with Crippen LogP contribution in [0.4, 0.5) is 0 Å². The van der Waals surface area contributed by atoms with E-state index in [4.69, 9.17) is 11.6 Å². The van der Waals surface area contributed by atoms with Gasteiger partial charge in [0.25, 0.3) is 0 Å². The molecule has 17 heavy (non-hydrogen) atoms. The zero-order valence-electron chi connectivity index (χ0n) is 10.6. The first-order valence-corrected chi connectivity index (χ1v) is 8.00. The topological polar surface area (TPSA) is 0 Å². The molecule has 2 heteroatoms. The molecule has 0 bridgehead atoms. The second kappa shape index (κ2) is 5.75. The van der Waals surface area contributed by atoms with Crippen LogP contribution < -0.4 is 0 Å². The highest BCUT2D eigenvalue weighted by atomic mass is 79.9. The molecule has 0 aromatic heterocycles. The summed E-state index contributed by atoms with van der Waals surface area (Å²) >= 11 is 10.0. The van der Waals surface area contributed by atoms with Gasteiger partial charge in [0.15, 0.2) is 0 Å². The average molecular weight is 316 g/mol. The number of rotatable bonds is 3. The van der Waals surface area contributed by atoms with Gasteiger partial charge in [-0.15, -0.1) is 0 Å². The van der Waals surface area contributed by atoms with Crippen LogP contribution in [-0.4, -0.2) is 5.33 Å². The third-order valence-corrected chi connectivity index (χ3v) is 5.40. The Kier molecular flexibility index (Phi) is 4.54. The summed E-state index contributed by atoms with van der Waals surface area (Å²) in [6.45, 7) is 4.55. The Balaban J connectivity index is 2.34. The molecule has 0 radical (unpaired) electrons. The normalized spacial score (nSPS) is 18.6. The standard InChI is InChI=1S/C15H20BrCl/c1-10(9-16)11(2)14-7-12-5-3-4-6-13(12)8-15(14)17/h7-8,10-11H,3-6,9H2,1-2H3. The van der Waals surface area contributed by atoms with E-state index in [1.807, 2.05) is 0 Å². The first-order chi connectivity index (χ1) is 8.13. The van der Waals surface area contributed by atoms with Crippen molar-refractivity contribution in [3.63, 3.8) is 0 Å². The third-order valence-electron chi connectivity index (χ3n) is 4.05. The van der Waals surface area contributed by atoms with Gasteiger partial charge in [-0.25, -0.2) is 0 Å². The molecule has 0 saturated carbocycles. The van der Waals surface area contributed by atoms with Crippen LogP contribution in [0.1, 0.15) is 49.3 Å². The molecule has 2 rings (SSSR count). The van der Waals surface area contributed by atoms with Crippen LogP contribution in [0.25, 0.3) is 0 Å². The molecule has 0 heterocycles. The highest BCUT2D eigenvalue weighted by Crippen LogP contribution is 2.35. The van der Waals surface area contributed by atoms with Gasteiger partial charge in [-0.05, 0) is 60.3 Å². The summed E-state index contributed by atoms with van der Waals surface area (Å²) in [5.41, 5.74) is 4.34. The monoisotopic (exact) mass is 314 g/mol. The van der Waals surface area contributed by atoms with Crippen molar-refractivity contribution in [2.45, 2.75) is 45.4 Å². The molecule has 0 fully saturated rings. The van der Waals surface area contributed by atoms with Crippen LogP contribution in [0, 0.1) is 5.92 Å². The van der Waals surface area contributed by atoms with Gasteiger partial charge >= 0.3 is 0 Å². The molecule has 0 nitrogen and oxygen atoms in total. The van der Waals surface area contributed by atoms with Gasteiger partial charge in [-0.1, -0.05) is 47.4 Å². The van der Waals surface area contributed by atoms with E-state index in [1.54, 1.807) is 0 Å². The molecule has 1 aliphatic carbocycles. The third kappa shape index (κ3) is 2.88. The van der Waals surface area contributed by atoms with Crippen LogP contribution in [0.2, 0.25) is 5.02 Å². The zero-order valence-corrected chi connectivity index (χ0v) is 12.9. The van der Waals surface area contributed by atoms with E-state index in [2.05, 4.69) is 41.9 Å². The second-order valence-electron chi connectivity index (χ2n) is 5.27. The van der Waals surface area contributed by atoms with E-state index >= 15 is 0 Å². The van der Waals surface area contributed by atoms with E-state index in [9.17, 15) is 0 Å². The fourth-order valence-electron chi connectivity index (χ4n) is 2.56. The lowest BCUT2D eigenvalue weighted by Crippen LogP contribution is -2.10. The van der Waals surface area contributed by atoms with Crippen molar-refractivity contribution < 1.29 is 0 Å². The van der Waals surface area contributed by atoms with Crippen molar-refractivity contribution in [1.29, 1.82) is 0 Å². The number of hydrogen-bond acceptors (Lipinski definition) is 0. The van der Waals surface area contributed by atoms with Crippen LogP contribution >= 0.6 is 27.5 Å². The Morgan fingerprint density at radius 2 is 1.76 bits per heavy atom. The quantitative estimate of drug-likeness (QED) is 0.659. The summed E-state index contributed by atoms with van der Waals surface area (Å²) in [5.74, 6) is 1.14. The lowest BCUT2D eigenvalue weighted by Gasteiger charge is -2.23. The minimum absolute atomic E-state index is 0.522. The van der Waals surface area contributed by atoms with Crippen molar-refractivity contribution in [1.82, 2.24) is 0 Å². The van der Waals surface area contributed by atoms with Crippen molar-refractivity contribution in [3.8, 4) is 0 Å². The molecule has 2 atom stereocenters. The maximum absolute atomic E-state index is 6.44. The van der Waals surface area contributed by atoms with E-state index in [1.165, 1.54) is 42.4 Å². The number of aryl methyl sites for hydroxylation is 2. The Labute approximate surface area is 118 Å². The lowest BCUT2D eigenvalue weighted by molar-refractivity contribution is 0.545. The molecule has 1 aliphatic rings. The predicted molar refractivity (Wildman–Crippen MR) is 79.5 cm³/mol. The minimum Gasteiger partial charge on any atom is -0.0925 e. The van der Waals surface area contributed by atoms with Gasteiger partial charge in [0, 0.05) is 10.4 Å². The lowest BCUT2D eigenvalue weighted by atomic mass is 9.84. The fraction of sp³-hybridized carbons (Fsp3) is 0.600. The van der Waals surface area contributed by atoms with Gasteiger partial charge in [0.1, 0.15) is 0 Å². The molecular weight excluding hydrogens is 296 g/mol. The number of halogens is 2. The zero-order chi connectivity index (χ0) is 12.4. The van der Waals surface area contributed by atoms with Crippen molar-refractivity contribution in [2.24, 2.45) is 5.92 Å². The SMILES string of the molecule is CC(CBr)C(C)c1cc2c(cc1Cl)CCCC2. The smallest absolute Gasteiger partial charge is 0.0443 e. The maximum Gasteiger partial charge on any atom is 0.0443 e. The van der Waals surface area contributed by atoms with Crippen LogP contribution in [0.3, 0.4) is 0 Å². The molecule has 1 aromatic carbocycles. The molecule has 0 saturated heterocycles. The second-order valence-corrected chi connectivity index (χ2v) is 6.32. The summed E-state index contributed by atoms with van der Waals surface area (Å²) in [6, 6.07) is 4.57. The molecule has 0 aliphatic heterocycles. The van der Waals surface area contributed by atoms with Gasteiger partial charge in [-0.2, -0.15) is 0 Å². The molecule has 0 N–H and O–H groups in total. The van der Waals surface area contributed by atoms with Crippen molar-refractivity contribution in [2.75, 3.05) is 5.33 Å². The van der Waals surface area contributed by atoms with E-state index in [-0.39, 0.29) is 0 Å². The molecule has 1 aromatic rings. The van der Waals surface area contributed by atoms with Gasteiger partial charge in [-0.3, -0.25) is 0 Å². The number of hydrogen-bond donors (Lipinski definition) is 0. The van der Waals surface area contributed by atoms with Gasteiger partial charge in [0.05, 0.1) is 0 Å². The highest BCUT2D eigenvalue weighted by molar-refractivity contribution is 9.09. The molecular formula is C15H20BrCl. The average Bonchev–Trinajstić information content (AvgIpc) is 2.36. The fourth-order valence-corrected chi connectivity index (χ4v) is 3.48. The molecule has 0 amide bonds. The molecule has 2 unspecified atom stereocenters. The summed E-state index contributed by atoms with van der Waals surface area (Å²) < 4.78 is 0. The van der Waals surface area contributed by atoms with Crippen LogP contribution in [0.5, 0.6) is 0 Å². The Bertz CT molecular complexity index is 400.